The summed E-state index contributed by atoms with van der Waals surface area (Å²) < 4.78 is 6.67. The minimum Gasteiger partial charge on any atom is -0.360 e. The van der Waals surface area contributed by atoms with Gasteiger partial charge in [-0.1, -0.05) is 18.5 Å². The summed E-state index contributed by atoms with van der Waals surface area (Å²) in [5, 5.41) is 9.11. The maximum Gasteiger partial charge on any atom is 0.296 e. The van der Waals surface area contributed by atoms with Crippen molar-refractivity contribution in [3.05, 3.63) is 40.6 Å². The Morgan fingerprint density at radius 1 is 1.29 bits per heavy atom. The second-order valence-electron chi connectivity index (χ2n) is 4.93. The molecule has 6 heteroatoms. The topological polar surface area (TPSA) is 73.8 Å². The van der Waals surface area contributed by atoms with Crippen molar-refractivity contribution in [2.75, 3.05) is 0 Å². The van der Waals surface area contributed by atoms with E-state index in [1.54, 1.807) is 19.3 Å². The Balaban J connectivity index is 2.29. The number of hydrogen-bond acceptors (Lipinski definition) is 5. The van der Waals surface area contributed by atoms with E-state index in [0.717, 1.165) is 18.4 Å². The average Bonchev–Trinajstić information content (AvgIpc) is 2.90. The first-order chi connectivity index (χ1) is 10.2. The molecule has 0 spiro atoms. The fourth-order valence-corrected chi connectivity index (χ4v) is 2.31. The summed E-state index contributed by atoms with van der Waals surface area (Å²) in [5.41, 5.74) is 1.74. The van der Waals surface area contributed by atoms with Crippen LogP contribution in [-0.4, -0.2) is 19.9 Å². The highest BCUT2D eigenvalue weighted by molar-refractivity contribution is 5.92. The maximum absolute atomic E-state index is 12.4. The van der Waals surface area contributed by atoms with Crippen LogP contribution in [0.5, 0.6) is 0 Å². The Morgan fingerprint density at radius 3 is 2.76 bits per heavy atom. The molecule has 21 heavy (non-hydrogen) atoms. The molecule has 0 unspecified atom stereocenters. The second-order valence-corrected chi connectivity index (χ2v) is 4.93. The summed E-state index contributed by atoms with van der Waals surface area (Å²) >= 11 is 0. The summed E-state index contributed by atoms with van der Waals surface area (Å²) in [5.74, 6) is 0.601. The smallest absolute Gasteiger partial charge is 0.296 e. The number of unbranched alkanes of at least 4 members (excludes halogenated alkanes) is 1. The molecule has 0 aliphatic rings. The zero-order valence-corrected chi connectivity index (χ0v) is 12.0. The van der Waals surface area contributed by atoms with Crippen LogP contribution in [0, 0.1) is 6.92 Å². The third-order valence-corrected chi connectivity index (χ3v) is 3.43. The Bertz CT molecular complexity index is 821. The Labute approximate surface area is 121 Å². The number of hydrogen-bond donors (Lipinski definition) is 0. The number of rotatable bonds is 4. The van der Waals surface area contributed by atoms with Crippen LogP contribution < -0.4 is 5.56 Å². The van der Waals surface area contributed by atoms with Gasteiger partial charge in [0.15, 0.2) is 5.52 Å². The molecule has 0 aromatic carbocycles. The Morgan fingerprint density at radius 2 is 2.05 bits per heavy atom. The molecule has 0 bridgehead atoms. The van der Waals surface area contributed by atoms with Gasteiger partial charge in [0.25, 0.3) is 5.56 Å². The summed E-state index contributed by atoms with van der Waals surface area (Å²) in [6.07, 6.45) is 5.29. The van der Waals surface area contributed by atoms with Gasteiger partial charge >= 0.3 is 0 Å². The van der Waals surface area contributed by atoms with E-state index in [0.29, 0.717) is 28.9 Å². The molecular weight excluding hydrogens is 268 g/mol. The fraction of sp³-hybridized carbons (Fsp3) is 0.333. The minimum atomic E-state index is -0.201. The third-order valence-electron chi connectivity index (χ3n) is 3.43. The van der Waals surface area contributed by atoms with Crippen LogP contribution in [0.25, 0.3) is 22.2 Å². The largest absolute Gasteiger partial charge is 0.360 e. The molecule has 3 heterocycles. The van der Waals surface area contributed by atoms with Crippen LogP contribution in [0.4, 0.5) is 0 Å². The molecule has 0 amide bonds. The van der Waals surface area contributed by atoms with Crippen LogP contribution in [0.15, 0.2) is 33.8 Å². The lowest BCUT2D eigenvalue weighted by molar-refractivity contribution is 0.404. The van der Waals surface area contributed by atoms with Crippen molar-refractivity contribution in [3.63, 3.8) is 0 Å². The van der Waals surface area contributed by atoms with E-state index >= 15 is 0 Å². The second kappa shape index (κ2) is 5.47. The lowest BCUT2D eigenvalue weighted by Gasteiger charge is -2.08. The van der Waals surface area contributed by atoms with Crippen LogP contribution in [0.2, 0.25) is 0 Å². The molecule has 0 aliphatic carbocycles. The van der Waals surface area contributed by atoms with E-state index in [9.17, 15) is 4.79 Å². The van der Waals surface area contributed by atoms with E-state index in [2.05, 4.69) is 22.2 Å². The fourth-order valence-electron chi connectivity index (χ4n) is 2.31. The van der Waals surface area contributed by atoms with Gasteiger partial charge in [0.05, 0.1) is 5.39 Å². The van der Waals surface area contributed by atoms with Gasteiger partial charge in [0.2, 0.25) is 0 Å². The third kappa shape index (κ3) is 2.33. The Kier molecular flexibility index (Phi) is 3.51. The van der Waals surface area contributed by atoms with Gasteiger partial charge in [-0.05, 0) is 25.5 Å². The highest BCUT2D eigenvalue weighted by Crippen LogP contribution is 2.26. The molecule has 0 atom stereocenters. The van der Waals surface area contributed by atoms with E-state index < -0.39 is 0 Å². The van der Waals surface area contributed by atoms with Gasteiger partial charge in [-0.3, -0.25) is 9.78 Å². The lowest BCUT2D eigenvalue weighted by atomic mass is 10.1. The normalized spacial score (nSPS) is 11.1. The molecule has 6 nitrogen and oxygen atoms in total. The molecular formula is C15H16N4O2. The van der Waals surface area contributed by atoms with Crippen molar-refractivity contribution in [3.8, 4) is 11.3 Å². The van der Waals surface area contributed by atoms with Crippen LogP contribution in [-0.2, 0) is 6.54 Å². The number of aromatic nitrogens is 4. The summed E-state index contributed by atoms with van der Waals surface area (Å²) in [6.45, 7) is 4.44. The van der Waals surface area contributed by atoms with E-state index in [1.807, 2.05) is 12.1 Å². The number of fused-ring (bicyclic) bond motifs is 1. The average molecular weight is 284 g/mol. The molecule has 108 valence electrons. The van der Waals surface area contributed by atoms with Gasteiger partial charge in [0, 0.05) is 24.5 Å². The van der Waals surface area contributed by atoms with E-state index in [1.165, 1.54) is 4.68 Å². The van der Waals surface area contributed by atoms with Crippen LogP contribution in [0.3, 0.4) is 0 Å². The maximum atomic E-state index is 12.4. The Hall–Kier alpha value is -2.50. The summed E-state index contributed by atoms with van der Waals surface area (Å²) in [7, 11) is 0. The monoisotopic (exact) mass is 284 g/mol. The highest BCUT2D eigenvalue weighted by atomic mass is 16.5. The minimum absolute atomic E-state index is 0.201. The molecule has 0 saturated heterocycles. The van der Waals surface area contributed by atoms with Crippen molar-refractivity contribution in [1.82, 2.24) is 19.9 Å². The highest BCUT2D eigenvalue weighted by Gasteiger charge is 2.18. The van der Waals surface area contributed by atoms with Gasteiger partial charge < -0.3 is 4.52 Å². The lowest BCUT2D eigenvalue weighted by Crippen LogP contribution is -2.24. The van der Waals surface area contributed by atoms with Gasteiger partial charge in [-0.2, -0.15) is 5.10 Å². The zero-order valence-electron chi connectivity index (χ0n) is 12.0. The first kappa shape index (κ1) is 13.5. The zero-order chi connectivity index (χ0) is 14.8. The predicted molar refractivity (Wildman–Crippen MR) is 78.9 cm³/mol. The molecule has 3 aromatic rings. The predicted octanol–water partition coefficient (Wildman–Crippen LogP) is 2.56. The standard InChI is InChI=1S/C15H16N4O2/c1-3-4-9-19-15(20)14-12(10(2)21-18-14)13(17-19)11-5-7-16-8-6-11/h5-8H,3-4,9H2,1-2H3. The number of nitrogens with zero attached hydrogens (tertiary/aromatic N) is 4. The van der Waals surface area contributed by atoms with E-state index in [4.69, 9.17) is 4.52 Å². The van der Waals surface area contributed by atoms with Crippen LogP contribution in [0.1, 0.15) is 25.5 Å². The van der Waals surface area contributed by atoms with Crippen molar-refractivity contribution >= 4 is 10.9 Å². The van der Waals surface area contributed by atoms with Gasteiger partial charge in [-0.25, -0.2) is 4.68 Å². The van der Waals surface area contributed by atoms with E-state index in [-0.39, 0.29) is 5.56 Å². The van der Waals surface area contributed by atoms with Crippen molar-refractivity contribution < 1.29 is 4.52 Å². The molecule has 0 N–H and O–H groups in total. The summed E-state index contributed by atoms with van der Waals surface area (Å²) in [6, 6.07) is 3.73. The van der Waals surface area contributed by atoms with Crippen molar-refractivity contribution in [2.45, 2.75) is 33.2 Å². The molecule has 3 rings (SSSR count). The van der Waals surface area contributed by atoms with Crippen LogP contribution >= 0.6 is 0 Å². The van der Waals surface area contributed by atoms with Gasteiger partial charge in [0.1, 0.15) is 11.5 Å². The van der Waals surface area contributed by atoms with Crippen molar-refractivity contribution in [1.29, 1.82) is 0 Å². The van der Waals surface area contributed by atoms with Gasteiger partial charge in [-0.15, -0.1) is 0 Å². The summed E-state index contributed by atoms with van der Waals surface area (Å²) in [4.78, 5) is 16.4. The number of pyridine rings is 1. The first-order valence-electron chi connectivity index (χ1n) is 7.00. The van der Waals surface area contributed by atoms with Crippen molar-refractivity contribution in [2.24, 2.45) is 0 Å². The molecule has 0 fully saturated rings. The molecule has 0 radical (unpaired) electrons. The molecule has 0 aliphatic heterocycles. The first-order valence-corrected chi connectivity index (χ1v) is 7.00. The SMILES string of the molecule is CCCCn1nc(-c2ccncc2)c2c(C)onc2c1=O. The quantitative estimate of drug-likeness (QED) is 0.736. The molecule has 3 aromatic heterocycles. The molecule has 0 saturated carbocycles. The number of aryl methyl sites for hydroxylation is 2.